The number of hydrogen-bond donors (Lipinski definition) is 1. The molecule has 1 N–H and O–H groups in total. The van der Waals surface area contributed by atoms with Gasteiger partial charge in [-0.15, -0.1) is 0 Å². The number of hydrogen-bond acceptors (Lipinski definition) is 4. The molecule has 3 heterocycles. The van der Waals surface area contributed by atoms with Gasteiger partial charge >= 0.3 is 0 Å². The largest absolute Gasteiger partial charge is 0.310 e. The van der Waals surface area contributed by atoms with Crippen molar-refractivity contribution in [3.05, 3.63) is 42.9 Å². The Hall–Kier alpha value is -2.80. The Bertz CT molecular complexity index is 954. The lowest BCUT2D eigenvalue weighted by atomic mass is 10.1. The maximum absolute atomic E-state index is 13.2. The standard InChI is InChI=1S/C19H20FN5O/c1-24-10-16(9-22-24)13-2-3-14-8-21-18(7-15(14)6-13)23-19(26)12-25-5-4-17(20)11-25/h2-3,6-10,17H,4-5,11-12H2,1H3,(H,21,23,26)/t17-/m0/s1. The normalized spacial score (nSPS) is 17.7. The number of likely N-dealkylation sites (tertiary alicyclic amines) is 1. The number of anilines is 1. The van der Waals surface area contributed by atoms with Crippen LogP contribution in [0.25, 0.3) is 21.9 Å². The lowest BCUT2D eigenvalue weighted by Gasteiger charge is -2.14. The predicted molar refractivity (Wildman–Crippen MR) is 98.5 cm³/mol. The first-order valence-electron chi connectivity index (χ1n) is 8.62. The number of alkyl halides is 1. The van der Waals surface area contributed by atoms with Gasteiger partial charge in [-0.1, -0.05) is 12.1 Å². The molecule has 134 valence electrons. The zero-order chi connectivity index (χ0) is 18.1. The van der Waals surface area contributed by atoms with Crippen molar-refractivity contribution in [1.82, 2.24) is 19.7 Å². The number of halogens is 1. The van der Waals surface area contributed by atoms with Gasteiger partial charge in [-0.25, -0.2) is 9.37 Å². The number of fused-ring (bicyclic) bond motifs is 1. The molecule has 3 aromatic rings. The molecule has 0 unspecified atom stereocenters. The monoisotopic (exact) mass is 353 g/mol. The summed E-state index contributed by atoms with van der Waals surface area (Å²) in [6.07, 6.45) is 5.19. The second-order valence-corrected chi connectivity index (χ2v) is 6.70. The van der Waals surface area contributed by atoms with Gasteiger partial charge in [-0.2, -0.15) is 5.10 Å². The second-order valence-electron chi connectivity index (χ2n) is 6.70. The number of aromatic nitrogens is 3. The fourth-order valence-corrected chi connectivity index (χ4v) is 3.27. The summed E-state index contributed by atoms with van der Waals surface area (Å²) < 4.78 is 15.0. The molecule has 1 aromatic carbocycles. The third-order valence-electron chi connectivity index (χ3n) is 4.61. The highest BCUT2D eigenvalue weighted by molar-refractivity contribution is 5.94. The average Bonchev–Trinajstić information content (AvgIpc) is 3.22. The van der Waals surface area contributed by atoms with E-state index in [2.05, 4.69) is 21.5 Å². The summed E-state index contributed by atoms with van der Waals surface area (Å²) in [5, 5.41) is 8.99. The van der Waals surface area contributed by atoms with Crippen molar-refractivity contribution in [2.45, 2.75) is 12.6 Å². The van der Waals surface area contributed by atoms with E-state index in [0.717, 1.165) is 21.9 Å². The molecule has 1 atom stereocenters. The molecule has 0 radical (unpaired) electrons. The van der Waals surface area contributed by atoms with Gasteiger partial charge in [0.05, 0.1) is 12.7 Å². The minimum absolute atomic E-state index is 0.172. The van der Waals surface area contributed by atoms with E-state index in [1.54, 1.807) is 10.9 Å². The molecule has 1 saturated heterocycles. The van der Waals surface area contributed by atoms with Crippen molar-refractivity contribution < 1.29 is 9.18 Å². The van der Waals surface area contributed by atoms with E-state index in [9.17, 15) is 9.18 Å². The molecular weight excluding hydrogens is 333 g/mol. The molecule has 0 saturated carbocycles. The first-order chi connectivity index (χ1) is 12.6. The van der Waals surface area contributed by atoms with Crippen LogP contribution in [0, 0.1) is 0 Å². The summed E-state index contributed by atoms with van der Waals surface area (Å²) in [7, 11) is 1.88. The number of carbonyl (C=O) groups excluding carboxylic acids is 1. The number of aryl methyl sites for hydroxylation is 1. The van der Waals surface area contributed by atoms with E-state index in [4.69, 9.17) is 0 Å². The second kappa shape index (κ2) is 6.84. The number of rotatable bonds is 4. The van der Waals surface area contributed by atoms with Crippen LogP contribution in [0.4, 0.5) is 10.2 Å². The van der Waals surface area contributed by atoms with Crippen LogP contribution in [0.5, 0.6) is 0 Å². The van der Waals surface area contributed by atoms with Crippen LogP contribution < -0.4 is 5.32 Å². The lowest BCUT2D eigenvalue weighted by Crippen LogP contribution is -2.32. The lowest BCUT2D eigenvalue weighted by molar-refractivity contribution is -0.117. The molecule has 1 fully saturated rings. The van der Waals surface area contributed by atoms with Crippen LogP contribution in [0.15, 0.2) is 42.9 Å². The maximum Gasteiger partial charge on any atom is 0.239 e. The Labute approximate surface area is 150 Å². The minimum Gasteiger partial charge on any atom is -0.310 e. The maximum atomic E-state index is 13.2. The first-order valence-corrected chi connectivity index (χ1v) is 8.62. The highest BCUT2D eigenvalue weighted by Gasteiger charge is 2.23. The molecule has 1 aliphatic heterocycles. The quantitative estimate of drug-likeness (QED) is 0.783. The number of carbonyl (C=O) groups is 1. The third kappa shape index (κ3) is 3.57. The highest BCUT2D eigenvalue weighted by atomic mass is 19.1. The Balaban J connectivity index is 1.51. The van der Waals surface area contributed by atoms with Gasteiger partial charge in [0.25, 0.3) is 0 Å². The SMILES string of the molecule is Cn1cc(-c2ccc3cnc(NC(=O)CN4CC[C@H](F)C4)cc3c2)cn1. The smallest absolute Gasteiger partial charge is 0.239 e. The van der Waals surface area contributed by atoms with Gasteiger partial charge in [-0.3, -0.25) is 14.4 Å². The molecule has 4 rings (SSSR count). The first kappa shape index (κ1) is 16.7. The van der Waals surface area contributed by atoms with Crippen LogP contribution in [0.3, 0.4) is 0 Å². The zero-order valence-electron chi connectivity index (χ0n) is 14.5. The van der Waals surface area contributed by atoms with Crippen LogP contribution >= 0.6 is 0 Å². The average molecular weight is 353 g/mol. The van der Waals surface area contributed by atoms with E-state index < -0.39 is 6.17 Å². The highest BCUT2D eigenvalue weighted by Crippen LogP contribution is 2.25. The van der Waals surface area contributed by atoms with Crippen molar-refractivity contribution >= 4 is 22.5 Å². The Morgan fingerprint density at radius 2 is 2.15 bits per heavy atom. The van der Waals surface area contributed by atoms with E-state index in [0.29, 0.717) is 25.3 Å². The van der Waals surface area contributed by atoms with E-state index in [1.807, 2.05) is 42.5 Å². The third-order valence-corrected chi connectivity index (χ3v) is 4.61. The van der Waals surface area contributed by atoms with Crippen molar-refractivity contribution in [3.8, 4) is 11.1 Å². The van der Waals surface area contributed by atoms with E-state index in [1.165, 1.54) is 0 Å². The number of benzene rings is 1. The molecule has 0 spiro atoms. The van der Waals surface area contributed by atoms with Crippen molar-refractivity contribution in [3.63, 3.8) is 0 Å². The van der Waals surface area contributed by atoms with Crippen LogP contribution in [0.2, 0.25) is 0 Å². The summed E-state index contributed by atoms with van der Waals surface area (Å²) in [5.41, 5.74) is 2.09. The van der Waals surface area contributed by atoms with E-state index >= 15 is 0 Å². The minimum atomic E-state index is -0.826. The molecular formula is C19H20FN5O. The molecule has 1 amide bonds. The zero-order valence-corrected chi connectivity index (χ0v) is 14.5. The van der Waals surface area contributed by atoms with Crippen molar-refractivity contribution in [2.24, 2.45) is 7.05 Å². The summed E-state index contributed by atoms with van der Waals surface area (Å²) in [4.78, 5) is 18.3. The summed E-state index contributed by atoms with van der Waals surface area (Å²) >= 11 is 0. The predicted octanol–water partition coefficient (Wildman–Crippen LogP) is 2.62. The Morgan fingerprint density at radius 3 is 2.88 bits per heavy atom. The van der Waals surface area contributed by atoms with E-state index in [-0.39, 0.29) is 12.5 Å². The summed E-state index contributed by atoms with van der Waals surface area (Å²) in [6.45, 7) is 1.14. The van der Waals surface area contributed by atoms with Gasteiger partial charge in [0.2, 0.25) is 5.91 Å². The van der Waals surface area contributed by atoms with Crippen LogP contribution in [0.1, 0.15) is 6.42 Å². The number of nitrogens with zero attached hydrogens (tertiary/aromatic N) is 4. The van der Waals surface area contributed by atoms with Crippen molar-refractivity contribution in [2.75, 3.05) is 25.0 Å². The van der Waals surface area contributed by atoms with Gasteiger partial charge in [-0.05, 0) is 29.5 Å². The van der Waals surface area contributed by atoms with Gasteiger partial charge in [0, 0.05) is 43.5 Å². The van der Waals surface area contributed by atoms with Gasteiger partial charge in [0.15, 0.2) is 0 Å². The summed E-state index contributed by atoms with van der Waals surface area (Å²) in [6, 6.07) is 7.94. The molecule has 26 heavy (non-hydrogen) atoms. The number of pyridine rings is 1. The fraction of sp³-hybridized carbons (Fsp3) is 0.316. The van der Waals surface area contributed by atoms with Gasteiger partial charge < -0.3 is 5.32 Å². The molecule has 0 aliphatic carbocycles. The molecule has 6 nitrogen and oxygen atoms in total. The molecule has 0 bridgehead atoms. The summed E-state index contributed by atoms with van der Waals surface area (Å²) in [5.74, 6) is 0.330. The molecule has 7 heteroatoms. The molecule has 2 aromatic heterocycles. The Kier molecular flexibility index (Phi) is 4.38. The van der Waals surface area contributed by atoms with Crippen molar-refractivity contribution in [1.29, 1.82) is 0 Å². The number of nitrogens with one attached hydrogen (secondary N) is 1. The fourth-order valence-electron chi connectivity index (χ4n) is 3.27. The van der Waals surface area contributed by atoms with Gasteiger partial charge in [0.1, 0.15) is 12.0 Å². The Morgan fingerprint density at radius 1 is 1.27 bits per heavy atom. The molecule has 1 aliphatic rings. The van der Waals surface area contributed by atoms with Crippen LogP contribution in [-0.2, 0) is 11.8 Å². The van der Waals surface area contributed by atoms with Crippen LogP contribution in [-0.4, -0.2) is 51.4 Å². The number of amides is 1. The topological polar surface area (TPSA) is 63.1 Å².